The summed E-state index contributed by atoms with van der Waals surface area (Å²) in [7, 11) is 1.86. The van der Waals surface area contributed by atoms with Crippen molar-refractivity contribution in [2.75, 3.05) is 12.4 Å². The average Bonchev–Trinajstić information content (AvgIpc) is 2.84. The molecule has 1 aromatic carbocycles. The molecule has 0 atom stereocenters. The summed E-state index contributed by atoms with van der Waals surface area (Å²) in [5, 5.41) is 8.03. The molecule has 0 saturated heterocycles. The zero-order valence-corrected chi connectivity index (χ0v) is 11.6. The number of ether oxygens (including phenoxy) is 1. The SMILES string of the molecule is CNc1snnc1COc1ccc(C(C)C)cc1. The summed E-state index contributed by atoms with van der Waals surface area (Å²) in [6.45, 7) is 4.79. The fourth-order valence-corrected chi connectivity index (χ4v) is 2.11. The minimum atomic E-state index is 0.438. The van der Waals surface area contributed by atoms with Gasteiger partial charge in [0.15, 0.2) is 0 Å². The first-order valence-electron chi connectivity index (χ1n) is 5.92. The van der Waals surface area contributed by atoms with E-state index in [4.69, 9.17) is 4.74 Å². The minimum absolute atomic E-state index is 0.438. The summed E-state index contributed by atoms with van der Waals surface area (Å²) < 4.78 is 9.58. The van der Waals surface area contributed by atoms with Gasteiger partial charge >= 0.3 is 0 Å². The first-order chi connectivity index (χ1) is 8.70. The molecule has 0 aliphatic heterocycles. The molecule has 1 N–H and O–H groups in total. The highest BCUT2D eigenvalue weighted by Crippen LogP contribution is 2.21. The average molecular weight is 263 g/mol. The van der Waals surface area contributed by atoms with E-state index in [2.05, 4.69) is 40.9 Å². The molecule has 1 heterocycles. The Balaban J connectivity index is 1.98. The molecule has 5 heteroatoms. The molecule has 4 nitrogen and oxygen atoms in total. The first-order valence-corrected chi connectivity index (χ1v) is 6.69. The van der Waals surface area contributed by atoms with Crippen LogP contribution < -0.4 is 10.1 Å². The lowest BCUT2D eigenvalue weighted by Crippen LogP contribution is -1.99. The second-order valence-electron chi connectivity index (χ2n) is 4.31. The second-order valence-corrected chi connectivity index (χ2v) is 5.07. The van der Waals surface area contributed by atoms with Gasteiger partial charge in [-0.15, -0.1) is 5.10 Å². The third-order valence-electron chi connectivity index (χ3n) is 2.71. The van der Waals surface area contributed by atoms with Crippen molar-refractivity contribution in [2.45, 2.75) is 26.4 Å². The summed E-state index contributed by atoms with van der Waals surface area (Å²) in [5.74, 6) is 1.40. The molecule has 0 amide bonds. The van der Waals surface area contributed by atoms with Gasteiger partial charge in [0.1, 0.15) is 23.1 Å². The fraction of sp³-hybridized carbons (Fsp3) is 0.385. The summed E-state index contributed by atoms with van der Waals surface area (Å²) in [6, 6.07) is 8.18. The van der Waals surface area contributed by atoms with Gasteiger partial charge < -0.3 is 10.1 Å². The van der Waals surface area contributed by atoms with Gasteiger partial charge in [-0.2, -0.15) is 0 Å². The molecule has 0 aliphatic carbocycles. The molecule has 0 bridgehead atoms. The highest BCUT2D eigenvalue weighted by atomic mass is 32.1. The van der Waals surface area contributed by atoms with Gasteiger partial charge in [-0.1, -0.05) is 30.5 Å². The third-order valence-corrected chi connectivity index (χ3v) is 3.49. The second kappa shape index (κ2) is 5.82. The minimum Gasteiger partial charge on any atom is -0.487 e. The summed E-state index contributed by atoms with van der Waals surface area (Å²) in [6.07, 6.45) is 0. The van der Waals surface area contributed by atoms with Crippen molar-refractivity contribution in [3.63, 3.8) is 0 Å². The quantitative estimate of drug-likeness (QED) is 0.899. The van der Waals surface area contributed by atoms with E-state index in [1.807, 2.05) is 19.2 Å². The van der Waals surface area contributed by atoms with Crippen LogP contribution in [0.15, 0.2) is 24.3 Å². The number of nitrogens with zero attached hydrogens (tertiary/aromatic N) is 2. The molecule has 0 radical (unpaired) electrons. The molecular formula is C13H17N3OS. The molecule has 0 spiro atoms. The Morgan fingerprint density at radius 3 is 2.61 bits per heavy atom. The van der Waals surface area contributed by atoms with Crippen LogP contribution in [0, 0.1) is 0 Å². The zero-order valence-electron chi connectivity index (χ0n) is 10.8. The van der Waals surface area contributed by atoms with E-state index in [0.29, 0.717) is 12.5 Å². The zero-order chi connectivity index (χ0) is 13.0. The van der Waals surface area contributed by atoms with Crippen LogP contribution in [0.3, 0.4) is 0 Å². The standard InChI is InChI=1S/C13H17N3OS/c1-9(2)10-4-6-11(7-5-10)17-8-12-13(14-3)18-16-15-12/h4-7,9,14H,8H2,1-3H3. The maximum absolute atomic E-state index is 5.69. The fourth-order valence-electron chi connectivity index (χ4n) is 1.59. The predicted molar refractivity (Wildman–Crippen MR) is 74.3 cm³/mol. The first kappa shape index (κ1) is 12.8. The van der Waals surface area contributed by atoms with Gasteiger partial charge in [-0.25, -0.2) is 0 Å². The van der Waals surface area contributed by atoms with Gasteiger partial charge in [-0.3, -0.25) is 0 Å². The molecule has 0 saturated carbocycles. The molecular weight excluding hydrogens is 246 g/mol. The Bertz CT molecular complexity index is 493. The number of rotatable bonds is 5. The van der Waals surface area contributed by atoms with Crippen LogP contribution in [0.2, 0.25) is 0 Å². The van der Waals surface area contributed by atoms with Gasteiger partial charge in [0, 0.05) is 18.6 Å². The van der Waals surface area contributed by atoms with Crippen molar-refractivity contribution in [1.82, 2.24) is 9.59 Å². The van der Waals surface area contributed by atoms with Gasteiger partial charge in [0.25, 0.3) is 0 Å². The Kier molecular flexibility index (Phi) is 4.15. The molecule has 0 aliphatic rings. The topological polar surface area (TPSA) is 47.0 Å². The van der Waals surface area contributed by atoms with Gasteiger partial charge in [-0.05, 0) is 23.6 Å². The smallest absolute Gasteiger partial charge is 0.136 e. The molecule has 1 aromatic heterocycles. The van der Waals surface area contributed by atoms with E-state index in [9.17, 15) is 0 Å². The predicted octanol–water partition coefficient (Wildman–Crippen LogP) is 3.28. The highest BCUT2D eigenvalue weighted by molar-refractivity contribution is 7.10. The van der Waals surface area contributed by atoms with E-state index >= 15 is 0 Å². The van der Waals surface area contributed by atoms with E-state index in [1.165, 1.54) is 17.1 Å². The lowest BCUT2D eigenvalue weighted by atomic mass is 10.0. The molecule has 0 unspecified atom stereocenters. The number of hydrogen-bond donors (Lipinski definition) is 1. The van der Waals surface area contributed by atoms with Crippen LogP contribution in [0.1, 0.15) is 31.0 Å². The van der Waals surface area contributed by atoms with Crippen LogP contribution >= 0.6 is 11.5 Å². The molecule has 18 heavy (non-hydrogen) atoms. The van der Waals surface area contributed by atoms with E-state index < -0.39 is 0 Å². The third kappa shape index (κ3) is 2.98. The normalized spacial score (nSPS) is 10.7. The number of nitrogens with one attached hydrogen (secondary N) is 1. The van der Waals surface area contributed by atoms with Crippen molar-refractivity contribution >= 4 is 16.5 Å². The Morgan fingerprint density at radius 2 is 2.00 bits per heavy atom. The number of aromatic nitrogens is 2. The largest absolute Gasteiger partial charge is 0.487 e. The van der Waals surface area contributed by atoms with Crippen molar-refractivity contribution < 1.29 is 4.74 Å². The van der Waals surface area contributed by atoms with Crippen LogP contribution in [0.5, 0.6) is 5.75 Å². The lowest BCUT2D eigenvalue weighted by molar-refractivity contribution is 0.301. The van der Waals surface area contributed by atoms with Crippen LogP contribution in [-0.4, -0.2) is 16.6 Å². The van der Waals surface area contributed by atoms with E-state index in [1.54, 1.807) is 0 Å². The Morgan fingerprint density at radius 1 is 1.28 bits per heavy atom. The van der Waals surface area contributed by atoms with E-state index in [-0.39, 0.29) is 0 Å². The molecule has 0 fully saturated rings. The molecule has 2 rings (SSSR count). The van der Waals surface area contributed by atoms with Crippen molar-refractivity contribution in [3.05, 3.63) is 35.5 Å². The number of hydrogen-bond acceptors (Lipinski definition) is 5. The number of benzene rings is 1. The maximum atomic E-state index is 5.69. The lowest BCUT2D eigenvalue weighted by Gasteiger charge is -2.08. The van der Waals surface area contributed by atoms with Crippen LogP contribution in [-0.2, 0) is 6.61 Å². The van der Waals surface area contributed by atoms with Crippen LogP contribution in [0.4, 0.5) is 5.00 Å². The number of anilines is 1. The van der Waals surface area contributed by atoms with Crippen molar-refractivity contribution in [3.8, 4) is 5.75 Å². The molecule has 2 aromatic rings. The van der Waals surface area contributed by atoms with Crippen molar-refractivity contribution in [2.24, 2.45) is 0 Å². The molecule has 96 valence electrons. The van der Waals surface area contributed by atoms with Crippen LogP contribution in [0.25, 0.3) is 0 Å². The Labute approximate surface area is 111 Å². The van der Waals surface area contributed by atoms with Gasteiger partial charge in [0.2, 0.25) is 0 Å². The summed E-state index contributed by atoms with van der Waals surface area (Å²) in [5.41, 5.74) is 2.16. The monoisotopic (exact) mass is 263 g/mol. The van der Waals surface area contributed by atoms with Crippen molar-refractivity contribution in [1.29, 1.82) is 0 Å². The summed E-state index contributed by atoms with van der Waals surface area (Å²) in [4.78, 5) is 0. The van der Waals surface area contributed by atoms with Gasteiger partial charge in [0.05, 0.1) is 0 Å². The highest BCUT2D eigenvalue weighted by Gasteiger charge is 2.07. The van der Waals surface area contributed by atoms with E-state index in [0.717, 1.165) is 16.4 Å². The maximum Gasteiger partial charge on any atom is 0.136 e. The Hall–Kier alpha value is -1.62. The summed E-state index contributed by atoms with van der Waals surface area (Å²) >= 11 is 1.34.